The average molecular weight is 376 g/mol. The summed E-state index contributed by atoms with van der Waals surface area (Å²) in [6.07, 6.45) is 5.92. The minimum Gasteiger partial charge on any atom is -0.369 e. The molecule has 0 saturated carbocycles. The molecule has 0 N–H and O–H groups in total. The van der Waals surface area contributed by atoms with Crippen molar-refractivity contribution in [2.45, 2.75) is 31.7 Å². The van der Waals surface area contributed by atoms with E-state index in [1.807, 2.05) is 30.3 Å². The van der Waals surface area contributed by atoms with E-state index >= 15 is 0 Å². The minimum atomic E-state index is 0.678. The zero-order valence-corrected chi connectivity index (χ0v) is 15.9. The second-order valence-electron chi connectivity index (χ2n) is 7.83. The van der Waals surface area contributed by atoms with Crippen molar-refractivity contribution in [2.24, 2.45) is 0 Å². The Labute approximate surface area is 164 Å². The van der Waals surface area contributed by atoms with Crippen LogP contribution < -0.4 is 4.90 Å². The van der Waals surface area contributed by atoms with Crippen LogP contribution in [0.3, 0.4) is 0 Å². The van der Waals surface area contributed by atoms with Crippen LogP contribution in [-0.4, -0.2) is 53.7 Å². The molecule has 0 aliphatic carbocycles. The third-order valence-electron chi connectivity index (χ3n) is 6.18. The Morgan fingerprint density at radius 3 is 2.39 bits per heavy atom. The maximum Gasteiger partial charge on any atom is 0.158 e. The van der Waals surface area contributed by atoms with Crippen LogP contribution in [0.1, 0.15) is 36.0 Å². The summed E-state index contributed by atoms with van der Waals surface area (Å²) in [6, 6.07) is 12.5. The molecule has 1 aromatic heterocycles. The Morgan fingerprint density at radius 1 is 0.929 bits per heavy atom. The van der Waals surface area contributed by atoms with Gasteiger partial charge < -0.3 is 9.80 Å². The molecule has 2 aliphatic rings. The number of anilines is 1. The SMILES string of the molecule is O=Cc1ccc(-c2cc(N3CCC(N4CCCC4)CC3)c3nonc3c2)cc1. The lowest BCUT2D eigenvalue weighted by atomic mass is 9.99. The fourth-order valence-electron chi connectivity index (χ4n) is 4.61. The number of likely N-dealkylation sites (tertiary alicyclic amines) is 1. The molecule has 2 saturated heterocycles. The van der Waals surface area contributed by atoms with Gasteiger partial charge in [0.15, 0.2) is 5.52 Å². The Bertz CT molecular complexity index is 968. The fourth-order valence-corrected chi connectivity index (χ4v) is 4.61. The van der Waals surface area contributed by atoms with Crippen LogP contribution in [0.15, 0.2) is 41.0 Å². The molecule has 0 radical (unpaired) electrons. The monoisotopic (exact) mass is 376 g/mol. The van der Waals surface area contributed by atoms with Gasteiger partial charge in [-0.3, -0.25) is 4.79 Å². The highest BCUT2D eigenvalue weighted by Gasteiger charge is 2.27. The molecule has 0 spiro atoms. The Hall–Kier alpha value is -2.73. The van der Waals surface area contributed by atoms with Gasteiger partial charge in [-0.2, -0.15) is 0 Å². The second kappa shape index (κ2) is 7.36. The third kappa shape index (κ3) is 3.18. The molecule has 3 heterocycles. The summed E-state index contributed by atoms with van der Waals surface area (Å²) < 4.78 is 5.04. The van der Waals surface area contributed by atoms with Crippen molar-refractivity contribution in [3.63, 3.8) is 0 Å². The predicted octanol–water partition coefficient (Wildman–Crippen LogP) is 3.77. The number of aldehydes is 1. The van der Waals surface area contributed by atoms with E-state index in [9.17, 15) is 4.79 Å². The number of rotatable bonds is 4. The molecule has 6 heteroatoms. The number of piperidine rings is 1. The van der Waals surface area contributed by atoms with E-state index in [2.05, 4.69) is 26.2 Å². The molecule has 2 aliphatic heterocycles. The number of nitrogens with zero attached hydrogens (tertiary/aromatic N) is 4. The highest BCUT2D eigenvalue weighted by Crippen LogP contribution is 2.34. The molecule has 144 valence electrons. The molecule has 6 nitrogen and oxygen atoms in total. The van der Waals surface area contributed by atoms with Crippen molar-refractivity contribution in [1.29, 1.82) is 0 Å². The lowest BCUT2D eigenvalue weighted by molar-refractivity contribution is 0.112. The number of hydrogen-bond acceptors (Lipinski definition) is 6. The van der Waals surface area contributed by atoms with Gasteiger partial charge in [-0.1, -0.05) is 24.3 Å². The molecular formula is C22H24N4O2. The number of carbonyl (C=O) groups is 1. The molecule has 0 amide bonds. The van der Waals surface area contributed by atoms with Crippen molar-refractivity contribution < 1.29 is 9.42 Å². The first-order valence-electron chi connectivity index (χ1n) is 10.1. The molecule has 2 aromatic carbocycles. The average Bonchev–Trinajstić information content (AvgIpc) is 3.45. The lowest BCUT2D eigenvalue weighted by Gasteiger charge is -2.37. The zero-order chi connectivity index (χ0) is 18.9. The highest BCUT2D eigenvalue weighted by molar-refractivity contribution is 5.93. The van der Waals surface area contributed by atoms with Crippen LogP contribution in [0.25, 0.3) is 22.2 Å². The lowest BCUT2D eigenvalue weighted by Crippen LogP contribution is -2.43. The summed E-state index contributed by atoms with van der Waals surface area (Å²) in [4.78, 5) is 16.0. The van der Waals surface area contributed by atoms with E-state index < -0.39 is 0 Å². The number of carbonyl (C=O) groups excluding carboxylic acids is 1. The molecular weight excluding hydrogens is 352 g/mol. The van der Waals surface area contributed by atoms with Crippen molar-refractivity contribution in [2.75, 3.05) is 31.1 Å². The van der Waals surface area contributed by atoms with Crippen LogP contribution >= 0.6 is 0 Å². The van der Waals surface area contributed by atoms with Crippen LogP contribution in [0.4, 0.5) is 5.69 Å². The number of benzene rings is 2. The van der Waals surface area contributed by atoms with Crippen molar-refractivity contribution in [3.05, 3.63) is 42.0 Å². The van der Waals surface area contributed by atoms with Crippen molar-refractivity contribution >= 4 is 23.0 Å². The summed E-state index contributed by atoms with van der Waals surface area (Å²) in [5, 5.41) is 8.26. The van der Waals surface area contributed by atoms with Crippen LogP contribution in [-0.2, 0) is 0 Å². The Morgan fingerprint density at radius 2 is 1.68 bits per heavy atom. The second-order valence-corrected chi connectivity index (χ2v) is 7.83. The summed E-state index contributed by atoms with van der Waals surface area (Å²) in [5.74, 6) is 0. The number of fused-ring (bicyclic) bond motifs is 1. The number of hydrogen-bond donors (Lipinski definition) is 0. The van der Waals surface area contributed by atoms with Crippen LogP contribution in [0.2, 0.25) is 0 Å². The summed E-state index contributed by atoms with van der Waals surface area (Å²) in [5.41, 5.74) is 5.49. The highest BCUT2D eigenvalue weighted by atomic mass is 16.6. The van der Waals surface area contributed by atoms with Gasteiger partial charge in [-0.05, 0) is 72.3 Å². The third-order valence-corrected chi connectivity index (χ3v) is 6.18. The van der Waals surface area contributed by atoms with Crippen molar-refractivity contribution in [3.8, 4) is 11.1 Å². The molecule has 5 rings (SSSR count). The minimum absolute atomic E-state index is 0.678. The zero-order valence-electron chi connectivity index (χ0n) is 15.9. The normalized spacial score (nSPS) is 18.8. The maximum absolute atomic E-state index is 10.9. The van der Waals surface area contributed by atoms with Crippen LogP contribution in [0.5, 0.6) is 0 Å². The van der Waals surface area contributed by atoms with Gasteiger partial charge in [0.25, 0.3) is 0 Å². The molecule has 3 aromatic rings. The van der Waals surface area contributed by atoms with E-state index in [0.717, 1.165) is 47.2 Å². The van der Waals surface area contributed by atoms with E-state index in [1.165, 1.54) is 38.8 Å². The summed E-state index contributed by atoms with van der Waals surface area (Å²) >= 11 is 0. The number of aromatic nitrogens is 2. The van der Waals surface area contributed by atoms with Gasteiger partial charge in [0.2, 0.25) is 0 Å². The maximum atomic E-state index is 10.9. The fraction of sp³-hybridized carbons (Fsp3) is 0.409. The first-order valence-corrected chi connectivity index (χ1v) is 10.1. The summed E-state index contributed by atoms with van der Waals surface area (Å²) in [6.45, 7) is 4.57. The molecule has 2 fully saturated rings. The Balaban J connectivity index is 1.43. The van der Waals surface area contributed by atoms with E-state index in [-0.39, 0.29) is 0 Å². The van der Waals surface area contributed by atoms with Gasteiger partial charge in [0.1, 0.15) is 11.8 Å². The van der Waals surface area contributed by atoms with Crippen LogP contribution in [0, 0.1) is 0 Å². The van der Waals surface area contributed by atoms with Gasteiger partial charge in [0, 0.05) is 24.7 Å². The van der Waals surface area contributed by atoms with Gasteiger partial charge in [-0.15, -0.1) is 0 Å². The van der Waals surface area contributed by atoms with Gasteiger partial charge in [0.05, 0.1) is 5.69 Å². The first-order chi connectivity index (χ1) is 13.8. The summed E-state index contributed by atoms with van der Waals surface area (Å²) in [7, 11) is 0. The van der Waals surface area contributed by atoms with Gasteiger partial charge >= 0.3 is 0 Å². The first kappa shape index (κ1) is 17.4. The molecule has 0 atom stereocenters. The topological polar surface area (TPSA) is 62.5 Å². The quantitative estimate of drug-likeness (QED) is 0.646. The molecule has 0 bridgehead atoms. The van der Waals surface area contributed by atoms with Gasteiger partial charge in [-0.25, -0.2) is 4.63 Å². The standard InChI is InChI=1S/C22H24N4O2/c27-15-16-3-5-17(6-4-16)18-13-20-22(24-28-23-20)21(14-18)26-11-7-19(8-12-26)25-9-1-2-10-25/h3-6,13-15,19H,1-2,7-12H2. The van der Waals surface area contributed by atoms with E-state index in [0.29, 0.717) is 11.6 Å². The Kier molecular flexibility index (Phi) is 4.56. The smallest absolute Gasteiger partial charge is 0.158 e. The largest absolute Gasteiger partial charge is 0.369 e. The molecule has 28 heavy (non-hydrogen) atoms. The van der Waals surface area contributed by atoms with E-state index in [1.54, 1.807) is 0 Å². The van der Waals surface area contributed by atoms with Crippen molar-refractivity contribution in [1.82, 2.24) is 15.2 Å². The molecule has 0 unspecified atom stereocenters. The van der Waals surface area contributed by atoms with E-state index in [4.69, 9.17) is 4.63 Å². The predicted molar refractivity (Wildman–Crippen MR) is 109 cm³/mol.